The number of aromatic nitrogens is 2. The highest BCUT2D eigenvalue weighted by Crippen LogP contribution is 2.20. The lowest BCUT2D eigenvalue weighted by atomic mass is 10.1. The predicted octanol–water partition coefficient (Wildman–Crippen LogP) is 3.98. The molecule has 3 rings (SSSR count). The van der Waals surface area contributed by atoms with Crippen LogP contribution >= 0.6 is 11.6 Å². The lowest BCUT2D eigenvalue weighted by Crippen LogP contribution is -2.19. The van der Waals surface area contributed by atoms with Gasteiger partial charge in [-0.25, -0.2) is 13.5 Å². The molecule has 3 aromatic rings. The Kier molecular flexibility index (Phi) is 5.41. The van der Waals surface area contributed by atoms with Gasteiger partial charge in [0.25, 0.3) is 5.56 Å². The highest BCUT2D eigenvalue weighted by atomic mass is 35.5. The Morgan fingerprint density at radius 1 is 1.19 bits per heavy atom. The summed E-state index contributed by atoms with van der Waals surface area (Å²) < 4.78 is 28.0. The van der Waals surface area contributed by atoms with Gasteiger partial charge >= 0.3 is 0 Å². The number of carbonyl (C=O) groups excluding carboxylic acids is 1. The van der Waals surface area contributed by atoms with Crippen LogP contribution in [0.15, 0.2) is 47.3 Å². The van der Waals surface area contributed by atoms with Crippen LogP contribution in [0.3, 0.4) is 0 Å². The number of aromatic amines is 1. The topological polar surface area (TPSA) is 66.9 Å². The van der Waals surface area contributed by atoms with Gasteiger partial charge < -0.3 is 5.32 Å². The zero-order valence-electron chi connectivity index (χ0n) is 14.4. The highest BCUT2D eigenvalue weighted by Gasteiger charge is 2.15. The van der Waals surface area contributed by atoms with E-state index < -0.39 is 17.5 Å². The fourth-order valence-corrected chi connectivity index (χ4v) is 2.86. The van der Waals surface area contributed by atoms with Crippen LogP contribution in [-0.4, -0.2) is 15.7 Å². The van der Waals surface area contributed by atoms with E-state index in [0.717, 1.165) is 6.07 Å². The molecule has 0 saturated carbocycles. The minimum absolute atomic E-state index is 0.0106. The Labute approximate surface area is 158 Å². The number of H-pyrrole nitrogens is 1. The van der Waals surface area contributed by atoms with Gasteiger partial charge in [0.1, 0.15) is 11.6 Å². The van der Waals surface area contributed by atoms with E-state index in [4.69, 9.17) is 11.6 Å². The minimum Gasteiger partial charge on any atom is -0.324 e. The molecule has 0 aliphatic heterocycles. The van der Waals surface area contributed by atoms with Crippen molar-refractivity contribution >= 4 is 23.2 Å². The molecular formula is C19H16ClF2N3O2. The number of amides is 1. The summed E-state index contributed by atoms with van der Waals surface area (Å²) in [6.45, 7) is 1.71. The average molecular weight is 392 g/mol. The molecule has 1 heterocycles. The summed E-state index contributed by atoms with van der Waals surface area (Å²) >= 11 is 5.80. The summed E-state index contributed by atoms with van der Waals surface area (Å²) in [6.07, 6.45) is 0.159. The number of rotatable bonds is 5. The van der Waals surface area contributed by atoms with E-state index in [-0.39, 0.29) is 24.1 Å². The fraction of sp³-hybridized carbons (Fsp3) is 0.158. The number of nitrogens with zero attached hydrogens (tertiary/aromatic N) is 1. The molecule has 2 N–H and O–H groups in total. The van der Waals surface area contributed by atoms with Crippen molar-refractivity contribution in [1.29, 1.82) is 0 Å². The normalized spacial score (nSPS) is 10.8. The largest absolute Gasteiger partial charge is 0.324 e. The summed E-state index contributed by atoms with van der Waals surface area (Å²) in [7, 11) is 0. The second kappa shape index (κ2) is 7.75. The lowest BCUT2D eigenvalue weighted by Gasteiger charge is -2.06. The second-order valence-corrected chi connectivity index (χ2v) is 6.44. The first-order chi connectivity index (χ1) is 12.8. The molecule has 27 heavy (non-hydrogen) atoms. The Hall–Kier alpha value is -2.93. The van der Waals surface area contributed by atoms with Crippen LogP contribution in [-0.2, 0) is 11.2 Å². The molecule has 0 fully saturated rings. The van der Waals surface area contributed by atoms with E-state index in [2.05, 4.69) is 10.4 Å². The molecule has 5 nitrogen and oxygen atoms in total. The van der Waals surface area contributed by atoms with Gasteiger partial charge in [-0.15, -0.1) is 0 Å². The Morgan fingerprint density at radius 2 is 1.89 bits per heavy atom. The van der Waals surface area contributed by atoms with E-state index in [1.807, 2.05) is 0 Å². The van der Waals surface area contributed by atoms with Crippen molar-refractivity contribution in [1.82, 2.24) is 9.78 Å². The molecule has 8 heteroatoms. The van der Waals surface area contributed by atoms with Crippen molar-refractivity contribution in [2.45, 2.75) is 19.8 Å². The molecular weight excluding hydrogens is 376 g/mol. The van der Waals surface area contributed by atoms with E-state index in [1.165, 1.54) is 41.1 Å². The van der Waals surface area contributed by atoms with Crippen LogP contribution in [0.1, 0.15) is 17.7 Å². The molecule has 0 radical (unpaired) electrons. The van der Waals surface area contributed by atoms with Crippen LogP contribution in [0.5, 0.6) is 0 Å². The summed E-state index contributed by atoms with van der Waals surface area (Å²) in [6, 6.07) is 9.33. The first kappa shape index (κ1) is 18.8. The number of carbonyl (C=O) groups is 1. The third-order valence-corrected chi connectivity index (χ3v) is 4.32. The van der Waals surface area contributed by atoms with Crippen molar-refractivity contribution in [3.05, 3.63) is 80.7 Å². The van der Waals surface area contributed by atoms with Gasteiger partial charge in [0.2, 0.25) is 5.91 Å². The maximum absolute atomic E-state index is 13.7. The maximum Gasteiger partial charge on any atom is 0.274 e. The van der Waals surface area contributed by atoms with Crippen LogP contribution < -0.4 is 10.9 Å². The molecule has 1 amide bonds. The standard InChI is InChI=1S/C19H16ClF2N3O2/c1-11-15(19(27)25(24-11)14-5-3-13(21)4-6-14)7-9-18(26)23-17-10-12(20)2-8-16(17)22/h2-6,8,10,24H,7,9H2,1H3,(H,23,26). The Morgan fingerprint density at radius 3 is 2.59 bits per heavy atom. The molecule has 0 spiro atoms. The predicted molar refractivity (Wildman–Crippen MR) is 99.4 cm³/mol. The number of aryl methyl sites for hydroxylation is 1. The van der Waals surface area contributed by atoms with Gasteiger partial charge in [0.05, 0.1) is 11.4 Å². The molecule has 2 aromatic carbocycles. The number of nitrogens with one attached hydrogen (secondary N) is 2. The summed E-state index contributed by atoms with van der Waals surface area (Å²) in [5, 5.41) is 5.66. The first-order valence-electron chi connectivity index (χ1n) is 8.16. The molecule has 0 saturated heterocycles. The monoisotopic (exact) mass is 391 g/mol. The van der Waals surface area contributed by atoms with E-state index in [0.29, 0.717) is 22.0 Å². The van der Waals surface area contributed by atoms with Crippen LogP contribution in [0.25, 0.3) is 5.69 Å². The third kappa shape index (κ3) is 4.25. The molecule has 1 aromatic heterocycles. The summed E-state index contributed by atoms with van der Waals surface area (Å²) in [5.74, 6) is -1.44. The quantitative estimate of drug-likeness (QED) is 0.691. The van der Waals surface area contributed by atoms with Gasteiger partial charge in [-0.05, 0) is 55.8 Å². The minimum atomic E-state index is -0.593. The van der Waals surface area contributed by atoms with E-state index in [1.54, 1.807) is 6.92 Å². The second-order valence-electron chi connectivity index (χ2n) is 6.00. The summed E-state index contributed by atoms with van der Waals surface area (Å²) in [5.41, 5.74) is 1.19. The zero-order valence-corrected chi connectivity index (χ0v) is 15.1. The molecule has 0 atom stereocenters. The third-order valence-electron chi connectivity index (χ3n) is 4.08. The van der Waals surface area contributed by atoms with Gasteiger partial charge in [0, 0.05) is 22.7 Å². The van der Waals surface area contributed by atoms with Crippen molar-refractivity contribution in [2.24, 2.45) is 0 Å². The van der Waals surface area contributed by atoms with Crippen molar-refractivity contribution in [2.75, 3.05) is 5.32 Å². The SMILES string of the molecule is Cc1[nH]n(-c2ccc(F)cc2)c(=O)c1CCC(=O)Nc1cc(Cl)ccc1F. The van der Waals surface area contributed by atoms with Crippen molar-refractivity contribution < 1.29 is 13.6 Å². The molecule has 0 unspecified atom stereocenters. The van der Waals surface area contributed by atoms with Crippen LogP contribution in [0, 0.1) is 18.6 Å². The number of benzene rings is 2. The number of halogens is 3. The fourth-order valence-electron chi connectivity index (χ4n) is 2.69. The van der Waals surface area contributed by atoms with Crippen molar-refractivity contribution in [3.8, 4) is 5.69 Å². The van der Waals surface area contributed by atoms with E-state index in [9.17, 15) is 18.4 Å². The van der Waals surface area contributed by atoms with E-state index >= 15 is 0 Å². The lowest BCUT2D eigenvalue weighted by molar-refractivity contribution is -0.116. The average Bonchev–Trinajstić information content (AvgIpc) is 2.91. The Balaban J connectivity index is 1.73. The molecule has 0 aliphatic carbocycles. The Bertz CT molecular complexity index is 1040. The maximum atomic E-state index is 13.7. The highest BCUT2D eigenvalue weighted by molar-refractivity contribution is 6.30. The van der Waals surface area contributed by atoms with Crippen LogP contribution in [0.2, 0.25) is 5.02 Å². The zero-order chi connectivity index (χ0) is 19.6. The first-order valence-corrected chi connectivity index (χ1v) is 8.54. The molecule has 0 bridgehead atoms. The molecule has 0 aliphatic rings. The smallest absolute Gasteiger partial charge is 0.274 e. The van der Waals surface area contributed by atoms with Gasteiger partial charge in [-0.1, -0.05) is 11.6 Å². The van der Waals surface area contributed by atoms with Crippen LogP contribution in [0.4, 0.5) is 14.5 Å². The molecule has 140 valence electrons. The number of hydrogen-bond donors (Lipinski definition) is 2. The van der Waals surface area contributed by atoms with Gasteiger partial charge in [-0.3, -0.25) is 14.7 Å². The number of anilines is 1. The summed E-state index contributed by atoms with van der Waals surface area (Å²) in [4.78, 5) is 24.7. The van der Waals surface area contributed by atoms with Crippen molar-refractivity contribution in [3.63, 3.8) is 0 Å². The van der Waals surface area contributed by atoms with Gasteiger partial charge in [-0.2, -0.15) is 0 Å². The van der Waals surface area contributed by atoms with Gasteiger partial charge in [0.15, 0.2) is 0 Å². The number of hydrogen-bond acceptors (Lipinski definition) is 2.